The van der Waals surface area contributed by atoms with Crippen molar-refractivity contribution in [1.29, 1.82) is 0 Å². The topological polar surface area (TPSA) is 69.0 Å². The van der Waals surface area contributed by atoms with Gasteiger partial charge in [-0.3, -0.25) is 9.69 Å². The monoisotopic (exact) mass is 583 g/mol. The number of rotatable bonds is 6. The average molecular weight is 584 g/mol. The molecule has 1 aliphatic rings. The van der Waals surface area contributed by atoms with Crippen molar-refractivity contribution in [2.45, 2.75) is 46.3 Å². The van der Waals surface area contributed by atoms with E-state index in [0.29, 0.717) is 19.0 Å². The number of benzene rings is 3. The van der Waals surface area contributed by atoms with Gasteiger partial charge in [-0.2, -0.15) is 13.2 Å². The summed E-state index contributed by atoms with van der Waals surface area (Å²) in [5, 5.41) is -0.149. The van der Waals surface area contributed by atoms with E-state index in [-0.39, 0.29) is 40.1 Å². The standard InChI is InChI=1S/C32H29F4NO5/c1-18-12-14-37(15-13-18)17-25-26(41-31(39)21-5-7-22(33)8-6-21)11-10-24-27(38)29(30(32(34,35)36)42-28(24)25)40-23-9-4-19(2)20(3)16-23/h4-11,16,18H,12-15,17H2,1-3H3. The molecule has 0 amide bonds. The Labute approximate surface area is 239 Å². The van der Waals surface area contributed by atoms with Crippen molar-refractivity contribution in [2.75, 3.05) is 13.1 Å². The van der Waals surface area contributed by atoms with Gasteiger partial charge >= 0.3 is 12.1 Å². The first-order chi connectivity index (χ1) is 19.9. The van der Waals surface area contributed by atoms with E-state index in [1.807, 2.05) is 11.8 Å². The highest BCUT2D eigenvalue weighted by Gasteiger charge is 2.41. The van der Waals surface area contributed by atoms with Gasteiger partial charge in [0.1, 0.15) is 22.9 Å². The number of carbonyl (C=O) groups excluding carboxylic acids is 1. The summed E-state index contributed by atoms with van der Waals surface area (Å²) in [7, 11) is 0. The van der Waals surface area contributed by atoms with E-state index in [1.54, 1.807) is 19.1 Å². The summed E-state index contributed by atoms with van der Waals surface area (Å²) in [6.45, 7) is 7.14. The van der Waals surface area contributed by atoms with Gasteiger partial charge in [-0.1, -0.05) is 13.0 Å². The number of hydrogen-bond acceptors (Lipinski definition) is 6. The fourth-order valence-corrected chi connectivity index (χ4v) is 4.89. The minimum absolute atomic E-state index is 0.0452. The first kappa shape index (κ1) is 29.3. The number of fused-ring (bicyclic) bond motifs is 1. The Hall–Kier alpha value is -4.18. The van der Waals surface area contributed by atoms with Gasteiger partial charge in [-0.25, -0.2) is 9.18 Å². The van der Waals surface area contributed by atoms with Crippen LogP contribution in [0.4, 0.5) is 17.6 Å². The predicted octanol–water partition coefficient (Wildman–Crippen LogP) is 7.81. The Morgan fingerprint density at radius 3 is 2.33 bits per heavy atom. The van der Waals surface area contributed by atoms with Crippen LogP contribution in [-0.2, 0) is 12.7 Å². The lowest BCUT2D eigenvalue weighted by atomic mass is 9.98. The lowest BCUT2D eigenvalue weighted by Gasteiger charge is -2.30. The second-order valence-electron chi connectivity index (χ2n) is 10.7. The van der Waals surface area contributed by atoms with Gasteiger partial charge in [-0.05, 0) is 105 Å². The molecule has 0 bridgehead atoms. The van der Waals surface area contributed by atoms with E-state index >= 15 is 0 Å². The molecular formula is C32H29F4NO5. The molecule has 0 spiro atoms. The molecule has 0 unspecified atom stereocenters. The van der Waals surface area contributed by atoms with Crippen molar-refractivity contribution in [1.82, 2.24) is 4.90 Å². The van der Waals surface area contributed by atoms with E-state index < -0.39 is 34.9 Å². The molecule has 10 heteroatoms. The van der Waals surface area contributed by atoms with Gasteiger partial charge in [0.15, 0.2) is 0 Å². The Bertz CT molecular complexity index is 1690. The van der Waals surface area contributed by atoms with Crippen LogP contribution in [0.5, 0.6) is 17.2 Å². The van der Waals surface area contributed by atoms with Gasteiger partial charge in [0.2, 0.25) is 11.2 Å². The maximum Gasteiger partial charge on any atom is 0.453 e. The van der Waals surface area contributed by atoms with Crippen molar-refractivity contribution in [2.24, 2.45) is 5.92 Å². The molecule has 0 atom stereocenters. The Morgan fingerprint density at radius 1 is 1.00 bits per heavy atom. The van der Waals surface area contributed by atoms with Gasteiger partial charge < -0.3 is 13.9 Å². The number of halogens is 4. The number of alkyl halides is 3. The fourth-order valence-electron chi connectivity index (χ4n) is 4.89. The Balaban J connectivity index is 1.65. The summed E-state index contributed by atoms with van der Waals surface area (Å²) in [6, 6.07) is 12.0. The molecule has 1 aromatic heterocycles. The molecule has 220 valence electrons. The molecule has 4 aromatic rings. The van der Waals surface area contributed by atoms with Gasteiger partial charge in [0.25, 0.3) is 5.76 Å². The molecule has 5 rings (SSSR count). The molecule has 6 nitrogen and oxygen atoms in total. The molecule has 3 aromatic carbocycles. The van der Waals surface area contributed by atoms with Crippen LogP contribution in [0.25, 0.3) is 11.0 Å². The van der Waals surface area contributed by atoms with Gasteiger partial charge in [0.05, 0.1) is 16.5 Å². The summed E-state index contributed by atoms with van der Waals surface area (Å²) >= 11 is 0. The van der Waals surface area contributed by atoms with Crippen LogP contribution < -0.4 is 14.9 Å². The van der Waals surface area contributed by atoms with E-state index in [4.69, 9.17) is 13.9 Å². The zero-order valence-corrected chi connectivity index (χ0v) is 23.3. The molecule has 1 aliphatic heterocycles. The van der Waals surface area contributed by atoms with Crippen molar-refractivity contribution in [3.05, 3.63) is 98.7 Å². The molecule has 0 N–H and O–H groups in total. The number of esters is 1. The molecular weight excluding hydrogens is 554 g/mol. The highest BCUT2D eigenvalue weighted by Crippen LogP contribution is 2.41. The number of carbonyl (C=O) groups is 1. The number of piperidine rings is 1. The lowest BCUT2D eigenvalue weighted by Crippen LogP contribution is -2.32. The number of aryl methyl sites for hydroxylation is 2. The predicted molar refractivity (Wildman–Crippen MR) is 149 cm³/mol. The van der Waals surface area contributed by atoms with Crippen LogP contribution in [0.1, 0.15) is 52.6 Å². The number of nitrogens with zero attached hydrogens (tertiary/aromatic N) is 1. The highest BCUT2D eigenvalue weighted by atomic mass is 19.4. The second kappa shape index (κ2) is 11.6. The third-order valence-electron chi connectivity index (χ3n) is 7.58. The van der Waals surface area contributed by atoms with E-state index in [2.05, 4.69) is 6.92 Å². The maximum absolute atomic E-state index is 14.4. The minimum atomic E-state index is -5.07. The van der Waals surface area contributed by atoms with Gasteiger partial charge in [0, 0.05) is 6.54 Å². The van der Waals surface area contributed by atoms with Crippen LogP contribution in [0, 0.1) is 25.6 Å². The molecule has 2 heterocycles. The summed E-state index contributed by atoms with van der Waals surface area (Å²) in [5.41, 5.74) is 0.497. The van der Waals surface area contributed by atoms with Crippen molar-refractivity contribution < 1.29 is 36.2 Å². The molecule has 42 heavy (non-hydrogen) atoms. The second-order valence-corrected chi connectivity index (χ2v) is 10.7. The molecule has 1 saturated heterocycles. The van der Waals surface area contributed by atoms with Crippen molar-refractivity contribution in [3.8, 4) is 17.2 Å². The fraction of sp³-hybridized carbons (Fsp3) is 0.312. The van der Waals surface area contributed by atoms with E-state index in [1.165, 1.54) is 30.3 Å². The van der Waals surface area contributed by atoms with Gasteiger partial charge in [-0.15, -0.1) is 0 Å². The average Bonchev–Trinajstić information content (AvgIpc) is 2.94. The normalized spacial score (nSPS) is 14.7. The van der Waals surface area contributed by atoms with Crippen LogP contribution in [0.3, 0.4) is 0 Å². The van der Waals surface area contributed by atoms with Crippen LogP contribution in [-0.4, -0.2) is 24.0 Å². The number of ether oxygens (including phenoxy) is 2. The molecule has 1 fully saturated rings. The molecule has 0 saturated carbocycles. The first-order valence-corrected chi connectivity index (χ1v) is 13.6. The van der Waals surface area contributed by atoms with Crippen LogP contribution in [0.15, 0.2) is 63.8 Å². The summed E-state index contributed by atoms with van der Waals surface area (Å²) in [5.74, 6) is -3.46. The summed E-state index contributed by atoms with van der Waals surface area (Å²) in [4.78, 5) is 28.5. The van der Waals surface area contributed by atoms with Crippen LogP contribution >= 0.6 is 0 Å². The quantitative estimate of drug-likeness (QED) is 0.131. The van der Waals surface area contributed by atoms with Crippen LogP contribution in [0.2, 0.25) is 0 Å². The van der Waals surface area contributed by atoms with E-state index in [9.17, 15) is 27.2 Å². The van der Waals surface area contributed by atoms with E-state index in [0.717, 1.165) is 36.1 Å². The largest absolute Gasteiger partial charge is 0.453 e. The number of hydrogen-bond donors (Lipinski definition) is 0. The summed E-state index contributed by atoms with van der Waals surface area (Å²) < 4.78 is 73.1. The third kappa shape index (κ3) is 6.18. The first-order valence-electron chi connectivity index (χ1n) is 13.6. The summed E-state index contributed by atoms with van der Waals surface area (Å²) in [6.07, 6.45) is -3.32. The molecule has 0 aliphatic carbocycles. The SMILES string of the molecule is Cc1ccc(Oc2c(C(F)(F)F)oc3c(CN4CCC(C)CC4)c(OC(=O)c4ccc(F)cc4)ccc3c2=O)cc1C. The smallest absolute Gasteiger partial charge is 0.449 e. The van der Waals surface area contributed by atoms with Crippen molar-refractivity contribution >= 4 is 16.9 Å². The Kier molecular flexibility index (Phi) is 8.10. The zero-order valence-electron chi connectivity index (χ0n) is 23.3. The minimum Gasteiger partial charge on any atom is -0.449 e. The maximum atomic E-state index is 14.4. The third-order valence-corrected chi connectivity index (χ3v) is 7.58. The number of likely N-dealkylation sites (tertiary alicyclic amines) is 1. The van der Waals surface area contributed by atoms with Crippen molar-refractivity contribution in [3.63, 3.8) is 0 Å². The lowest BCUT2D eigenvalue weighted by molar-refractivity contribution is -0.154. The highest BCUT2D eigenvalue weighted by molar-refractivity contribution is 5.92. The Morgan fingerprint density at radius 2 is 1.69 bits per heavy atom. The molecule has 0 radical (unpaired) electrons. The zero-order chi connectivity index (χ0) is 30.2.